The number of carbonyl (C=O) groups is 4. The van der Waals surface area contributed by atoms with Gasteiger partial charge in [-0.3, -0.25) is 19.3 Å². The highest BCUT2D eigenvalue weighted by Crippen LogP contribution is 2.26. The molecule has 2 fully saturated rings. The van der Waals surface area contributed by atoms with Gasteiger partial charge in [0.25, 0.3) is 17.7 Å². The highest BCUT2D eigenvalue weighted by molar-refractivity contribution is 6.22. The van der Waals surface area contributed by atoms with Crippen LogP contribution in [0.4, 0.5) is 0 Å². The number of carbonyl (C=O) groups excluding carboxylic acids is 4. The van der Waals surface area contributed by atoms with Crippen molar-refractivity contribution in [2.75, 3.05) is 26.2 Å². The van der Waals surface area contributed by atoms with E-state index < -0.39 is 18.0 Å². The van der Waals surface area contributed by atoms with E-state index in [1.165, 1.54) is 30.0 Å². The third-order valence-electron chi connectivity index (χ3n) is 5.98. The molecule has 3 heterocycles. The van der Waals surface area contributed by atoms with Crippen LogP contribution in [0.25, 0.3) is 0 Å². The number of hydrogen-bond donors (Lipinski definition) is 0. The Hall–Kier alpha value is -2.78. The molecule has 0 N–H and O–H groups in total. The number of esters is 1. The Labute approximate surface area is 186 Å². The molecule has 2 saturated heterocycles. The molecular formula is C23H28N2O7. The lowest BCUT2D eigenvalue weighted by atomic mass is 10.1. The van der Waals surface area contributed by atoms with E-state index in [0.29, 0.717) is 19.7 Å². The Balaban J connectivity index is 1.42. The highest BCUT2D eigenvalue weighted by atomic mass is 16.5. The van der Waals surface area contributed by atoms with E-state index in [-0.39, 0.29) is 53.4 Å². The molecule has 0 radical (unpaired) electrons. The number of hydrogen-bond acceptors (Lipinski definition) is 7. The van der Waals surface area contributed by atoms with Crippen molar-refractivity contribution < 1.29 is 33.4 Å². The Morgan fingerprint density at radius 3 is 2.47 bits per heavy atom. The van der Waals surface area contributed by atoms with Gasteiger partial charge in [0.15, 0.2) is 6.10 Å². The first-order valence-corrected chi connectivity index (χ1v) is 11.0. The average molecular weight is 444 g/mol. The maximum Gasteiger partial charge on any atom is 0.338 e. The molecule has 3 aliphatic rings. The normalized spacial score (nSPS) is 26.3. The van der Waals surface area contributed by atoms with E-state index in [1.807, 2.05) is 13.8 Å². The predicted molar refractivity (Wildman–Crippen MR) is 112 cm³/mol. The van der Waals surface area contributed by atoms with Crippen LogP contribution in [0.5, 0.6) is 0 Å². The summed E-state index contributed by atoms with van der Waals surface area (Å²) in [5.74, 6) is -1.86. The first-order chi connectivity index (χ1) is 15.2. The fraction of sp³-hybridized carbons (Fsp3) is 0.565. The molecule has 4 rings (SSSR count). The third-order valence-corrected chi connectivity index (χ3v) is 5.98. The number of ether oxygens (including phenoxy) is 3. The van der Waals surface area contributed by atoms with Gasteiger partial charge in [-0.2, -0.15) is 0 Å². The average Bonchev–Trinajstić information content (AvgIpc) is 3.35. The van der Waals surface area contributed by atoms with Crippen molar-refractivity contribution in [3.05, 3.63) is 34.9 Å². The second-order valence-electron chi connectivity index (χ2n) is 8.66. The molecule has 0 aromatic heterocycles. The van der Waals surface area contributed by atoms with Gasteiger partial charge in [0.1, 0.15) is 0 Å². The fourth-order valence-corrected chi connectivity index (χ4v) is 4.47. The number of amides is 3. The van der Waals surface area contributed by atoms with Crippen LogP contribution in [-0.4, -0.2) is 84.1 Å². The summed E-state index contributed by atoms with van der Waals surface area (Å²) in [5.41, 5.74) is 0.537. The summed E-state index contributed by atoms with van der Waals surface area (Å²) in [6.45, 7) is 6.99. The summed E-state index contributed by atoms with van der Waals surface area (Å²) >= 11 is 0. The molecule has 3 aliphatic heterocycles. The van der Waals surface area contributed by atoms with Gasteiger partial charge in [-0.15, -0.1) is 0 Å². The molecule has 0 bridgehead atoms. The van der Waals surface area contributed by atoms with Gasteiger partial charge in [-0.1, -0.05) is 0 Å². The maximum absolute atomic E-state index is 12.8. The number of rotatable bonds is 5. The molecule has 4 atom stereocenters. The lowest BCUT2D eigenvalue weighted by Crippen LogP contribution is -2.51. The van der Waals surface area contributed by atoms with Crippen LogP contribution in [0.1, 0.15) is 64.7 Å². The fourth-order valence-electron chi connectivity index (χ4n) is 4.47. The summed E-state index contributed by atoms with van der Waals surface area (Å²) in [6.07, 6.45) is 0.383. The summed E-state index contributed by atoms with van der Waals surface area (Å²) in [5, 5.41) is 0. The van der Waals surface area contributed by atoms with Crippen LogP contribution in [0.15, 0.2) is 18.2 Å². The van der Waals surface area contributed by atoms with E-state index >= 15 is 0 Å². The standard InChI is InChI=1S/C23H28N2O7/c1-13-10-24(11-14(2)31-13)20(26)15(3)32-23(29)16-6-7-18-19(9-16)22(28)25(21(18)27)12-17-5-4-8-30-17/h6-7,9,13-15,17H,4-5,8,10-12H2,1-3H3. The van der Waals surface area contributed by atoms with E-state index in [1.54, 1.807) is 4.90 Å². The molecule has 0 aliphatic carbocycles. The van der Waals surface area contributed by atoms with E-state index in [0.717, 1.165) is 12.8 Å². The van der Waals surface area contributed by atoms with Crippen LogP contribution in [0, 0.1) is 0 Å². The minimum atomic E-state index is -0.985. The minimum Gasteiger partial charge on any atom is -0.449 e. The molecular weight excluding hydrogens is 416 g/mol. The van der Waals surface area contributed by atoms with E-state index in [4.69, 9.17) is 14.2 Å². The van der Waals surface area contributed by atoms with Crippen molar-refractivity contribution in [3.63, 3.8) is 0 Å². The molecule has 172 valence electrons. The third kappa shape index (κ3) is 4.40. The number of morpholine rings is 1. The number of fused-ring (bicyclic) bond motifs is 1. The molecule has 32 heavy (non-hydrogen) atoms. The van der Waals surface area contributed by atoms with Gasteiger partial charge < -0.3 is 19.1 Å². The molecule has 4 unspecified atom stereocenters. The summed E-state index contributed by atoms with van der Waals surface area (Å²) < 4.78 is 16.6. The zero-order valence-electron chi connectivity index (χ0n) is 18.5. The molecule has 1 aromatic rings. The van der Waals surface area contributed by atoms with Gasteiger partial charge >= 0.3 is 5.97 Å². The summed E-state index contributed by atoms with van der Waals surface area (Å²) in [4.78, 5) is 53.6. The summed E-state index contributed by atoms with van der Waals surface area (Å²) in [6, 6.07) is 4.26. The first-order valence-electron chi connectivity index (χ1n) is 11.0. The molecule has 1 aromatic carbocycles. The van der Waals surface area contributed by atoms with Crippen LogP contribution in [-0.2, 0) is 19.0 Å². The van der Waals surface area contributed by atoms with Gasteiger partial charge in [-0.25, -0.2) is 4.79 Å². The smallest absolute Gasteiger partial charge is 0.338 e. The van der Waals surface area contributed by atoms with Gasteiger partial charge in [0.05, 0.1) is 41.5 Å². The van der Waals surface area contributed by atoms with Crippen molar-refractivity contribution in [2.45, 2.75) is 58.0 Å². The Bertz CT molecular complexity index is 930. The SMILES string of the molecule is CC1CN(C(=O)C(C)OC(=O)c2ccc3c(c2)C(=O)N(CC2CCCO2)C3=O)CC(C)O1. The number of imide groups is 1. The van der Waals surface area contributed by atoms with Crippen LogP contribution in [0.3, 0.4) is 0 Å². The molecule has 0 saturated carbocycles. The van der Waals surface area contributed by atoms with E-state index in [2.05, 4.69) is 0 Å². The minimum absolute atomic E-state index is 0.0940. The van der Waals surface area contributed by atoms with Crippen molar-refractivity contribution in [2.24, 2.45) is 0 Å². The van der Waals surface area contributed by atoms with Crippen LogP contribution >= 0.6 is 0 Å². The topological polar surface area (TPSA) is 102 Å². The molecule has 0 spiro atoms. The zero-order chi connectivity index (χ0) is 23.0. The van der Waals surface area contributed by atoms with Gasteiger partial charge in [0.2, 0.25) is 0 Å². The van der Waals surface area contributed by atoms with Crippen molar-refractivity contribution in [1.29, 1.82) is 0 Å². The Morgan fingerprint density at radius 2 is 1.81 bits per heavy atom. The maximum atomic E-state index is 12.8. The quantitative estimate of drug-likeness (QED) is 0.503. The lowest BCUT2D eigenvalue weighted by molar-refractivity contribution is -0.151. The van der Waals surface area contributed by atoms with E-state index in [9.17, 15) is 19.2 Å². The number of nitrogens with zero attached hydrogens (tertiary/aromatic N) is 2. The summed E-state index contributed by atoms with van der Waals surface area (Å²) in [7, 11) is 0. The molecule has 3 amide bonds. The first kappa shape index (κ1) is 22.4. The zero-order valence-corrected chi connectivity index (χ0v) is 18.5. The Kier molecular flexibility index (Phi) is 6.30. The predicted octanol–water partition coefficient (Wildman–Crippen LogP) is 1.64. The van der Waals surface area contributed by atoms with Crippen molar-refractivity contribution in [3.8, 4) is 0 Å². The molecule has 9 nitrogen and oxygen atoms in total. The van der Waals surface area contributed by atoms with Gasteiger partial charge in [-0.05, 0) is 51.8 Å². The largest absolute Gasteiger partial charge is 0.449 e. The van der Waals surface area contributed by atoms with Crippen LogP contribution in [0.2, 0.25) is 0 Å². The van der Waals surface area contributed by atoms with Gasteiger partial charge in [0, 0.05) is 19.7 Å². The lowest BCUT2D eigenvalue weighted by Gasteiger charge is -2.36. The van der Waals surface area contributed by atoms with Crippen molar-refractivity contribution >= 4 is 23.7 Å². The highest BCUT2D eigenvalue weighted by Gasteiger charge is 2.38. The Morgan fingerprint density at radius 1 is 1.12 bits per heavy atom. The second kappa shape index (κ2) is 8.99. The monoisotopic (exact) mass is 444 g/mol. The van der Waals surface area contributed by atoms with Crippen LogP contribution < -0.4 is 0 Å². The van der Waals surface area contributed by atoms with Crippen molar-refractivity contribution in [1.82, 2.24) is 9.80 Å². The number of benzene rings is 1. The second-order valence-corrected chi connectivity index (χ2v) is 8.66. The molecule has 9 heteroatoms.